The van der Waals surface area contributed by atoms with Crippen molar-refractivity contribution in [3.63, 3.8) is 0 Å². The van der Waals surface area contributed by atoms with Crippen molar-refractivity contribution in [1.29, 1.82) is 0 Å². The number of rotatable bonds is 6. The quantitative estimate of drug-likeness (QED) is 0.534. The number of aromatic nitrogens is 3. The molecular formula is C16H18ClFN4O5S. The van der Waals surface area contributed by atoms with E-state index < -0.39 is 35.1 Å². The molecule has 0 radical (unpaired) electrons. The molecule has 152 valence electrons. The molecule has 0 saturated heterocycles. The molecule has 2 rings (SSSR count). The molecule has 0 spiro atoms. The highest BCUT2D eigenvalue weighted by atomic mass is 35.5. The Morgan fingerprint density at radius 1 is 1.21 bits per heavy atom. The van der Waals surface area contributed by atoms with E-state index in [-0.39, 0.29) is 21.9 Å². The van der Waals surface area contributed by atoms with Gasteiger partial charge in [0.15, 0.2) is 11.1 Å². The molecule has 2 aromatic rings. The van der Waals surface area contributed by atoms with Gasteiger partial charge in [0.25, 0.3) is 5.91 Å². The van der Waals surface area contributed by atoms with E-state index in [1.807, 2.05) is 0 Å². The predicted molar refractivity (Wildman–Crippen MR) is 102 cm³/mol. The molecule has 28 heavy (non-hydrogen) atoms. The lowest BCUT2D eigenvalue weighted by Gasteiger charge is -2.16. The molecule has 1 amide bonds. The molecule has 1 heterocycles. The number of amides is 1. The first-order valence-electron chi connectivity index (χ1n) is 7.86. The fraction of sp³-hybridized carbons (Fsp3) is 0.375. The Balaban J connectivity index is 2.60. The van der Waals surface area contributed by atoms with Gasteiger partial charge in [0.1, 0.15) is 5.82 Å². The highest BCUT2D eigenvalue weighted by molar-refractivity contribution is 7.71. The first-order chi connectivity index (χ1) is 13.1. The zero-order valence-electron chi connectivity index (χ0n) is 15.5. The van der Waals surface area contributed by atoms with E-state index in [1.54, 1.807) is 0 Å². The van der Waals surface area contributed by atoms with Crippen LogP contribution in [0, 0.1) is 10.6 Å². The van der Waals surface area contributed by atoms with E-state index >= 15 is 0 Å². The average molecular weight is 433 g/mol. The lowest BCUT2D eigenvalue weighted by molar-refractivity contribution is -0.0974. The molecule has 0 saturated carbocycles. The summed E-state index contributed by atoms with van der Waals surface area (Å²) in [6.07, 6.45) is -0.698. The van der Waals surface area contributed by atoms with Gasteiger partial charge in [-0.1, -0.05) is 11.6 Å². The van der Waals surface area contributed by atoms with Gasteiger partial charge in [-0.25, -0.2) is 18.5 Å². The molecule has 1 aromatic heterocycles. The summed E-state index contributed by atoms with van der Waals surface area (Å²) < 4.78 is 27.0. The molecule has 0 aliphatic heterocycles. The van der Waals surface area contributed by atoms with Crippen LogP contribution in [0.5, 0.6) is 0 Å². The third-order valence-electron chi connectivity index (χ3n) is 4.01. The van der Waals surface area contributed by atoms with Crippen LogP contribution in [0.4, 0.5) is 4.39 Å². The number of methoxy groups -OCH3 is 2. The zero-order chi connectivity index (χ0) is 21.2. The maximum atomic E-state index is 14.5. The Bertz CT molecular complexity index is 1050. The van der Waals surface area contributed by atoms with Crippen LogP contribution in [0.15, 0.2) is 21.7 Å². The molecule has 0 aliphatic carbocycles. The number of nitrogens with one attached hydrogen (secondary N) is 1. The summed E-state index contributed by atoms with van der Waals surface area (Å²) in [5.41, 5.74) is -2.29. The van der Waals surface area contributed by atoms with Crippen LogP contribution in [-0.2, 0) is 23.6 Å². The van der Waals surface area contributed by atoms with Gasteiger partial charge in [-0.2, -0.15) is 0 Å². The molecule has 0 atom stereocenters. The molecular weight excluding hydrogens is 415 g/mol. The number of hydrogen-bond acceptors (Lipinski definition) is 6. The molecule has 0 unspecified atom stereocenters. The van der Waals surface area contributed by atoms with Gasteiger partial charge in [0, 0.05) is 28.3 Å². The van der Waals surface area contributed by atoms with Gasteiger partial charge in [0.2, 0.25) is 0 Å². The Morgan fingerprint density at radius 2 is 1.75 bits per heavy atom. The number of carbonyl (C=O) groups is 1. The van der Waals surface area contributed by atoms with E-state index in [2.05, 4.69) is 5.32 Å². The standard InChI is InChI=1S/C16H18ClFN4O5S/c1-20-14(24)22(15(25)21(2)16(20)28)11-5-8(9(17)6-10(11)18)13(23)19-7-12(26-3)27-4/h5-6,12H,7H2,1-4H3,(H,19,23). The third-order valence-corrected chi connectivity index (χ3v) is 4.87. The summed E-state index contributed by atoms with van der Waals surface area (Å²) in [5.74, 6) is -1.62. The third kappa shape index (κ3) is 4.07. The topological polar surface area (TPSA) is 96.5 Å². The maximum Gasteiger partial charge on any atom is 0.338 e. The Morgan fingerprint density at radius 3 is 2.25 bits per heavy atom. The SMILES string of the molecule is COC(CNC(=O)c1cc(-n2c(=O)n(C)c(=S)n(C)c2=O)c(F)cc1Cl)OC. The summed E-state index contributed by atoms with van der Waals surface area (Å²) in [4.78, 5) is 37.4. The normalized spacial score (nSPS) is 11.1. The Kier molecular flexibility index (Phi) is 6.88. The van der Waals surface area contributed by atoms with Gasteiger partial charge >= 0.3 is 11.4 Å². The van der Waals surface area contributed by atoms with Gasteiger partial charge in [0.05, 0.1) is 22.8 Å². The van der Waals surface area contributed by atoms with E-state index in [1.165, 1.54) is 28.3 Å². The van der Waals surface area contributed by atoms with Crippen LogP contribution in [0.1, 0.15) is 10.4 Å². The number of benzene rings is 1. The molecule has 0 fully saturated rings. The molecule has 0 aliphatic rings. The first kappa shape index (κ1) is 22.0. The second kappa shape index (κ2) is 8.78. The van der Waals surface area contributed by atoms with Crippen molar-refractivity contribution < 1.29 is 18.7 Å². The minimum absolute atomic E-state index is 0.00378. The molecule has 9 nitrogen and oxygen atoms in total. The lowest BCUT2D eigenvalue weighted by atomic mass is 10.1. The Labute approximate surface area is 168 Å². The zero-order valence-corrected chi connectivity index (χ0v) is 17.1. The van der Waals surface area contributed by atoms with Gasteiger partial charge in [-0.15, -0.1) is 0 Å². The molecule has 1 aromatic carbocycles. The summed E-state index contributed by atoms with van der Waals surface area (Å²) in [5, 5.41) is 2.32. The van der Waals surface area contributed by atoms with Crippen LogP contribution in [0.3, 0.4) is 0 Å². The van der Waals surface area contributed by atoms with Crippen molar-refractivity contribution >= 4 is 29.7 Å². The van der Waals surface area contributed by atoms with Crippen molar-refractivity contribution in [1.82, 2.24) is 19.0 Å². The second-order valence-corrected chi connectivity index (χ2v) is 6.47. The highest BCUT2D eigenvalue weighted by Crippen LogP contribution is 2.22. The van der Waals surface area contributed by atoms with Gasteiger partial charge < -0.3 is 14.8 Å². The van der Waals surface area contributed by atoms with Crippen LogP contribution in [0.2, 0.25) is 5.02 Å². The average Bonchev–Trinajstić information content (AvgIpc) is 2.67. The largest absolute Gasteiger partial charge is 0.354 e. The van der Waals surface area contributed by atoms with Crippen molar-refractivity contribution in [3.05, 3.63) is 54.3 Å². The van der Waals surface area contributed by atoms with Crippen LogP contribution in [-0.4, -0.2) is 46.7 Å². The van der Waals surface area contributed by atoms with Crippen molar-refractivity contribution in [3.8, 4) is 5.69 Å². The summed E-state index contributed by atoms with van der Waals surface area (Å²) >= 11 is 11.0. The van der Waals surface area contributed by atoms with E-state index in [0.717, 1.165) is 21.3 Å². The van der Waals surface area contributed by atoms with Gasteiger partial charge in [-0.05, 0) is 24.4 Å². The highest BCUT2D eigenvalue weighted by Gasteiger charge is 2.20. The van der Waals surface area contributed by atoms with Crippen LogP contribution in [0.25, 0.3) is 5.69 Å². The Hall–Kier alpha value is -2.34. The predicted octanol–water partition coefficient (Wildman–Crippen LogP) is 0.745. The van der Waals surface area contributed by atoms with Gasteiger partial charge in [-0.3, -0.25) is 13.9 Å². The number of halogens is 2. The van der Waals surface area contributed by atoms with E-state index in [4.69, 9.17) is 33.3 Å². The fourth-order valence-corrected chi connectivity index (χ4v) is 2.79. The van der Waals surface area contributed by atoms with E-state index in [9.17, 15) is 18.8 Å². The first-order valence-corrected chi connectivity index (χ1v) is 8.64. The number of nitrogens with zero attached hydrogens (tertiary/aromatic N) is 3. The minimum atomic E-state index is -0.954. The van der Waals surface area contributed by atoms with Crippen molar-refractivity contribution in [2.45, 2.75) is 6.29 Å². The summed E-state index contributed by atoms with van der Waals surface area (Å²) in [6.45, 7) is -0.00378. The van der Waals surface area contributed by atoms with E-state index in [0.29, 0.717) is 4.57 Å². The van der Waals surface area contributed by atoms with Crippen LogP contribution < -0.4 is 16.7 Å². The number of hydrogen-bond donors (Lipinski definition) is 1. The van der Waals surface area contributed by atoms with Crippen molar-refractivity contribution in [2.75, 3.05) is 20.8 Å². The molecule has 1 N–H and O–H groups in total. The summed E-state index contributed by atoms with van der Waals surface area (Å²) in [6, 6.07) is 1.87. The smallest absolute Gasteiger partial charge is 0.338 e. The lowest BCUT2D eigenvalue weighted by Crippen LogP contribution is -2.44. The number of ether oxygens (including phenoxy) is 2. The van der Waals surface area contributed by atoms with Crippen LogP contribution >= 0.6 is 23.8 Å². The maximum absolute atomic E-state index is 14.5. The molecule has 0 bridgehead atoms. The van der Waals surface area contributed by atoms with Crippen molar-refractivity contribution in [2.24, 2.45) is 14.1 Å². The number of carbonyl (C=O) groups excluding carboxylic acids is 1. The monoisotopic (exact) mass is 432 g/mol. The fourth-order valence-electron chi connectivity index (χ4n) is 2.39. The second-order valence-electron chi connectivity index (χ2n) is 5.70. The molecule has 12 heteroatoms. The minimum Gasteiger partial charge on any atom is -0.354 e. The summed E-state index contributed by atoms with van der Waals surface area (Å²) in [7, 11) is 5.48.